The monoisotopic (exact) mass is 357 g/mol. The average molecular weight is 358 g/mol. The first-order valence-electron chi connectivity index (χ1n) is 11.4. The van der Waals surface area contributed by atoms with Crippen LogP contribution < -0.4 is 5.32 Å². The first-order valence-corrected chi connectivity index (χ1v) is 11.4. The van der Waals surface area contributed by atoms with Gasteiger partial charge in [-0.05, 0) is 44.2 Å². The summed E-state index contributed by atoms with van der Waals surface area (Å²) in [5.41, 5.74) is 1.25. The highest BCUT2D eigenvalue weighted by Gasteiger charge is 1.93. The van der Waals surface area contributed by atoms with E-state index in [0.717, 1.165) is 6.54 Å². The fourth-order valence-electron chi connectivity index (χ4n) is 3.34. The second kappa shape index (κ2) is 18.5. The minimum Gasteiger partial charge on any atom is -0.385 e. The molecule has 0 fully saturated rings. The van der Waals surface area contributed by atoms with Crippen molar-refractivity contribution in [1.29, 1.82) is 0 Å². The molecule has 0 spiro atoms. The Morgan fingerprint density at radius 2 is 1.12 bits per heavy atom. The van der Waals surface area contributed by atoms with Crippen molar-refractivity contribution in [3.63, 3.8) is 0 Å². The molecular weight excluding hydrogens is 314 g/mol. The van der Waals surface area contributed by atoms with E-state index in [1.165, 1.54) is 102 Å². The van der Waals surface area contributed by atoms with E-state index in [1.807, 2.05) is 0 Å². The highest BCUT2D eigenvalue weighted by atomic mass is 14.9. The Morgan fingerprint density at radius 1 is 0.615 bits per heavy atom. The van der Waals surface area contributed by atoms with Crippen LogP contribution in [0.1, 0.15) is 103 Å². The molecule has 0 unspecified atom stereocenters. The standard InChI is InChI=1S/C25H43N/c1-2-3-4-5-6-7-8-9-10-11-12-13-14-15-16-17-21-24-26-25-22-19-18-20-23-25/h10-11,18-20,22-23,26H,2-9,12-17,21,24H2,1H3. The summed E-state index contributed by atoms with van der Waals surface area (Å²) in [4.78, 5) is 0. The van der Waals surface area contributed by atoms with Gasteiger partial charge in [-0.1, -0.05) is 101 Å². The molecule has 26 heavy (non-hydrogen) atoms. The lowest BCUT2D eigenvalue weighted by Gasteiger charge is -2.05. The van der Waals surface area contributed by atoms with Crippen molar-refractivity contribution in [2.45, 2.75) is 103 Å². The average Bonchev–Trinajstić information content (AvgIpc) is 2.68. The molecule has 0 aliphatic rings. The Kier molecular flexibility index (Phi) is 16.3. The molecule has 1 N–H and O–H groups in total. The van der Waals surface area contributed by atoms with E-state index in [1.54, 1.807) is 0 Å². The van der Waals surface area contributed by atoms with Crippen molar-refractivity contribution in [2.24, 2.45) is 0 Å². The van der Waals surface area contributed by atoms with Gasteiger partial charge in [-0.25, -0.2) is 0 Å². The van der Waals surface area contributed by atoms with E-state index in [-0.39, 0.29) is 0 Å². The number of nitrogens with one attached hydrogen (secondary N) is 1. The van der Waals surface area contributed by atoms with Crippen LogP contribution in [0.15, 0.2) is 42.5 Å². The minimum atomic E-state index is 1.10. The molecule has 0 aliphatic carbocycles. The van der Waals surface area contributed by atoms with Crippen molar-refractivity contribution < 1.29 is 0 Å². The Hall–Kier alpha value is -1.24. The van der Waals surface area contributed by atoms with Crippen molar-refractivity contribution in [2.75, 3.05) is 11.9 Å². The van der Waals surface area contributed by atoms with Crippen LogP contribution in [0.5, 0.6) is 0 Å². The van der Waals surface area contributed by atoms with Gasteiger partial charge in [0.05, 0.1) is 0 Å². The van der Waals surface area contributed by atoms with Crippen molar-refractivity contribution in [1.82, 2.24) is 0 Å². The highest BCUT2D eigenvalue weighted by molar-refractivity contribution is 5.42. The molecule has 0 heterocycles. The molecule has 1 heteroatoms. The zero-order valence-electron chi connectivity index (χ0n) is 17.4. The van der Waals surface area contributed by atoms with Crippen LogP contribution in [0.25, 0.3) is 0 Å². The van der Waals surface area contributed by atoms with Gasteiger partial charge in [-0.3, -0.25) is 0 Å². The van der Waals surface area contributed by atoms with Crippen LogP contribution >= 0.6 is 0 Å². The van der Waals surface area contributed by atoms with E-state index in [4.69, 9.17) is 0 Å². The predicted molar refractivity (Wildman–Crippen MR) is 119 cm³/mol. The van der Waals surface area contributed by atoms with E-state index >= 15 is 0 Å². The maximum absolute atomic E-state index is 3.49. The van der Waals surface area contributed by atoms with Gasteiger partial charge in [0.2, 0.25) is 0 Å². The smallest absolute Gasteiger partial charge is 0.0340 e. The second-order valence-electron chi connectivity index (χ2n) is 7.58. The molecule has 0 saturated heterocycles. The summed E-state index contributed by atoms with van der Waals surface area (Å²) in [5, 5.41) is 3.49. The van der Waals surface area contributed by atoms with Crippen molar-refractivity contribution in [3.05, 3.63) is 42.5 Å². The number of hydrogen-bond acceptors (Lipinski definition) is 1. The largest absolute Gasteiger partial charge is 0.385 e. The number of para-hydroxylation sites is 1. The fourth-order valence-corrected chi connectivity index (χ4v) is 3.34. The van der Waals surface area contributed by atoms with Crippen molar-refractivity contribution >= 4 is 5.69 Å². The molecule has 0 bridgehead atoms. The zero-order valence-corrected chi connectivity index (χ0v) is 17.4. The van der Waals surface area contributed by atoms with Gasteiger partial charge in [-0.15, -0.1) is 0 Å². The Bertz CT molecular complexity index is 409. The Balaban J connectivity index is 1.74. The number of benzene rings is 1. The van der Waals surface area contributed by atoms with Crippen LogP contribution in [-0.2, 0) is 0 Å². The molecule has 148 valence electrons. The second-order valence-corrected chi connectivity index (χ2v) is 7.58. The minimum absolute atomic E-state index is 1.10. The lowest BCUT2D eigenvalue weighted by Crippen LogP contribution is -2.00. The predicted octanol–water partition coefficient (Wildman–Crippen LogP) is 8.53. The fraction of sp³-hybridized carbons (Fsp3) is 0.680. The maximum atomic E-state index is 3.49. The molecule has 0 saturated carbocycles. The van der Waals surface area contributed by atoms with E-state index in [0.29, 0.717) is 0 Å². The number of allylic oxidation sites excluding steroid dienone is 2. The molecule has 0 radical (unpaired) electrons. The summed E-state index contributed by atoms with van der Waals surface area (Å²) in [7, 11) is 0. The van der Waals surface area contributed by atoms with Crippen LogP contribution in [0.3, 0.4) is 0 Å². The Morgan fingerprint density at radius 3 is 1.69 bits per heavy atom. The third kappa shape index (κ3) is 15.0. The molecular formula is C25H43N. The molecule has 0 amide bonds. The normalized spacial score (nSPS) is 11.3. The molecule has 1 aromatic rings. The summed E-state index contributed by atoms with van der Waals surface area (Å²) in [6, 6.07) is 10.5. The van der Waals surface area contributed by atoms with Gasteiger partial charge in [0.25, 0.3) is 0 Å². The van der Waals surface area contributed by atoms with Gasteiger partial charge >= 0.3 is 0 Å². The first kappa shape index (κ1) is 22.8. The molecule has 0 aliphatic heterocycles. The van der Waals surface area contributed by atoms with Crippen LogP contribution in [0, 0.1) is 0 Å². The van der Waals surface area contributed by atoms with Crippen LogP contribution in [0.4, 0.5) is 5.69 Å². The summed E-state index contributed by atoms with van der Waals surface area (Å²) in [6.45, 7) is 3.39. The number of unbranched alkanes of at least 4 members (excludes halogenated alkanes) is 13. The number of hydrogen-bond donors (Lipinski definition) is 1. The topological polar surface area (TPSA) is 12.0 Å². The molecule has 0 aromatic heterocycles. The van der Waals surface area contributed by atoms with Gasteiger partial charge in [0.15, 0.2) is 0 Å². The van der Waals surface area contributed by atoms with Crippen LogP contribution in [-0.4, -0.2) is 6.54 Å². The molecule has 1 rings (SSSR count). The lowest BCUT2D eigenvalue weighted by molar-refractivity contribution is 0.591. The van der Waals surface area contributed by atoms with Gasteiger partial charge in [0, 0.05) is 12.2 Å². The Labute approximate surface area is 163 Å². The third-order valence-corrected chi connectivity index (χ3v) is 5.04. The lowest BCUT2D eigenvalue weighted by atomic mass is 10.1. The van der Waals surface area contributed by atoms with Gasteiger partial charge in [0.1, 0.15) is 0 Å². The van der Waals surface area contributed by atoms with E-state index in [2.05, 4.69) is 54.7 Å². The third-order valence-electron chi connectivity index (χ3n) is 5.04. The molecule has 1 nitrogen and oxygen atoms in total. The van der Waals surface area contributed by atoms with Crippen LogP contribution in [0.2, 0.25) is 0 Å². The van der Waals surface area contributed by atoms with Crippen molar-refractivity contribution in [3.8, 4) is 0 Å². The van der Waals surface area contributed by atoms with Gasteiger partial charge in [-0.2, -0.15) is 0 Å². The number of rotatable bonds is 18. The summed E-state index contributed by atoms with van der Waals surface area (Å²) >= 11 is 0. The zero-order chi connectivity index (χ0) is 18.5. The van der Waals surface area contributed by atoms with Gasteiger partial charge < -0.3 is 5.32 Å². The summed E-state index contributed by atoms with van der Waals surface area (Å²) in [6.07, 6.45) is 25.5. The van der Waals surface area contributed by atoms with E-state index in [9.17, 15) is 0 Å². The SMILES string of the molecule is CCCCCCCCCC=CCCCCCCCCNc1ccccc1. The highest BCUT2D eigenvalue weighted by Crippen LogP contribution is 2.11. The van der Waals surface area contributed by atoms with E-state index < -0.39 is 0 Å². The summed E-state index contributed by atoms with van der Waals surface area (Å²) < 4.78 is 0. The quantitative estimate of drug-likeness (QED) is 0.205. The first-order chi connectivity index (χ1) is 12.9. The summed E-state index contributed by atoms with van der Waals surface area (Å²) in [5.74, 6) is 0. The molecule has 0 atom stereocenters. The molecule has 1 aromatic carbocycles. The maximum Gasteiger partial charge on any atom is 0.0340 e. The number of anilines is 1.